The summed E-state index contributed by atoms with van der Waals surface area (Å²) in [5.41, 5.74) is 2.02. The lowest BCUT2D eigenvalue weighted by Crippen LogP contribution is -2.19. The van der Waals surface area contributed by atoms with Crippen LogP contribution in [0.15, 0.2) is 18.3 Å². The van der Waals surface area contributed by atoms with Crippen LogP contribution in [0.2, 0.25) is 0 Å². The molecule has 0 saturated heterocycles. The zero-order valence-electron chi connectivity index (χ0n) is 9.06. The Balaban J connectivity index is 2.14. The molecule has 1 saturated carbocycles. The van der Waals surface area contributed by atoms with Gasteiger partial charge < -0.3 is 4.57 Å². The van der Waals surface area contributed by atoms with E-state index < -0.39 is 0 Å². The second-order valence-electron chi connectivity index (χ2n) is 4.27. The molecule has 2 aromatic rings. The number of rotatable bonds is 3. The molecule has 2 aromatic heterocycles. The van der Waals surface area contributed by atoms with Crippen LogP contribution in [0.25, 0.3) is 11.2 Å². The second kappa shape index (κ2) is 4.06. The fourth-order valence-corrected chi connectivity index (χ4v) is 2.43. The third-order valence-corrected chi connectivity index (χ3v) is 3.47. The molecule has 0 aliphatic heterocycles. The van der Waals surface area contributed by atoms with Gasteiger partial charge in [-0.3, -0.25) is 0 Å². The van der Waals surface area contributed by atoms with Gasteiger partial charge in [-0.05, 0) is 31.4 Å². The molecule has 1 aliphatic carbocycles. The van der Waals surface area contributed by atoms with Crippen molar-refractivity contribution in [2.45, 2.75) is 31.7 Å². The highest BCUT2D eigenvalue weighted by Gasteiger charge is 2.24. The lowest BCUT2D eigenvalue weighted by molar-refractivity contribution is 0.312. The SMILES string of the molecule is ClCCc1nc2cccnc2n1C1CCC1. The molecule has 4 heteroatoms. The van der Waals surface area contributed by atoms with Gasteiger partial charge >= 0.3 is 0 Å². The van der Waals surface area contributed by atoms with Crippen LogP contribution >= 0.6 is 11.6 Å². The van der Waals surface area contributed by atoms with Crippen LogP contribution in [0.3, 0.4) is 0 Å². The van der Waals surface area contributed by atoms with Crippen molar-refractivity contribution in [1.29, 1.82) is 0 Å². The molecule has 0 bridgehead atoms. The van der Waals surface area contributed by atoms with Gasteiger partial charge in [-0.2, -0.15) is 0 Å². The summed E-state index contributed by atoms with van der Waals surface area (Å²) in [5.74, 6) is 1.71. The van der Waals surface area contributed by atoms with Crippen molar-refractivity contribution >= 4 is 22.8 Å². The van der Waals surface area contributed by atoms with Gasteiger partial charge in [0.2, 0.25) is 0 Å². The summed E-state index contributed by atoms with van der Waals surface area (Å²) in [4.78, 5) is 9.07. The third-order valence-electron chi connectivity index (χ3n) is 3.28. The van der Waals surface area contributed by atoms with Crippen molar-refractivity contribution < 1.29 is 0 Å². The van der Waals surface area contributed by atoms with E-state index in [-0.39, 0.29) is 0 Å². The fourth-order valence-electron chi connectivity index (χ4n) is 2.27. The quantitative estimate of drug-likeness (QED) is 0.766. The minimum atomic E-state index is 0.595. The van der Waals surface area contributed by atoms with Gasteiger partial charge in [-0.15, -0.1) is 11.6 Å². The first-order chi connectivity index (χ1) is 7.90. The number of imidazole rings is 1. The first-order valence-electron chi connectivity index (χ1n) is 5.78. The van der Waals surface area contributed by atoms with E-state index in [0.29, 0.717) is 11.9 Å². The van der Waals surface area contributed by atoms with Gasteiger partial charge in [-0.25, -0.2) is 9.97 Å². The minimum absolute atomic E-state index is 0.595. The van der Waals surface area contributed by atoms with Crippen LogP contribution in [0.1, 0.15) is 31.1 Å². The maximum Gasteiger partial charge on any atom is 0.160 e. The zero-order chi connectivity index (χ0) is 11.0. The third kappa shape index (κ3) is 1.50. The molecular formula is C12H14ClN3. The molecule has 0 unspecified atom stereocenters. The average Bonchev–Trinajstić information content (AvgIpc) is 2.56. The van der Waals surface area contributed by atoms with Crippen LogP contribution in [0.5, 0.6) is 0 Å². The molecule has 0 N–H and O–H groups in total. The van der Waals surface area contributed by atoms with Crippen molar-refractivity contribution in [3.05, 3.63) is 24.2 Å². The van der Waals surface area contributed by atoms with Gasteiger partial charge in [0.25, 0.3) is 0 Å². The lowest BCUT2D eigenvalue weighted by Gasteiger charge is -2.28. The molecule has 0 radical (unpaired) electrons. The highest BCUT2D eigenvalue weighted by molar-refractivity contribution is 6.17. The highest BCUT2D eigenvalue weighted by Crippen LogP contribution is 2.35. The lowest BCUT2D eigenvalue weighted by atomic mass is 9.92. The molecule has 0 aromatic carbocycles. The van der Waals surface area contributed by atoms with Gasteiger partial charge in [0.05, 0.1) is 0 Å². The minimum Gasteiger partial charge on any atom is -0.310 e. The number of aromatic nitrogens is 3. The van der Waals surface area contributed by atoms with Gasteiger partial charge in [0, 0.05) is 24.5 Å². The van der Waals surface area contributed by atoms with E-state index in [1.165, 1.54) is 19.3 Å². The van der Waals surface area contributed by atoms with E-state index in [1.807, 2.05) is 18.3 Å². The van der Waals surface area contributed by atoms with Crippen molar-refractivity contribution in [3.8, 4) is 0 Å². The largest absolute Gasteiger partial charge is 0.310 e. The van der Waals surface area contributed by atoms with Crippen molar-refractivity contribution in [1.82, 2.24) is 14.5 Å². The van der Waals surface area contributed by atoms with E-state index in [9.17, 15) is 0 Å². The van der Waals surface area contributed by atoms with E-state index >= 15 is 0 Å². The molecule has 0 amide bonds. The van der Waals surface area contributed by atoms with Gasteiger partial charge in [-0.1, -0.05) is 0 Å². The molecule has 3 rings (SSSR count). The Kier molecular flexibility index (Phi) is 2.56. The summed E-state index contributed by atoms with van der Waals surface area (Å²) in [5, 5.41) is 0. The van der Waals surface area contributed by atoms with E-state index in [0.717, 1.165) is 23.4 Å². The van der Waals surface area contributed by atoms with E-state index in [1.54, 1.807) is 0 Å². The van der Waals surface area contributed by atoms with Crippen LogP contribution in [0, 0.1) is 0 Å². The Morgan fingerprint density at radius 3 is 3.00 bits per heavy atom. The molecule has 0 spiro atoms. The first-order valence-corrected chi connectivity index (χ1v) is 6.31. The van der Waals surface area contributed by atoms with Crippen LogP contribution in [0.4, 0.5) is 0 Å². The normalized spacial score (nSPS) is 16.6. The number of fused-ring (bicyclic) bond motifs is 1. The summed E-state index contributed by atoms with van der Waals surface area (Å²) in [6.45, 7) is 0. The molecule has 3 nitrogen and oxygen atoms in total. The van der Waals surface area contributed by atoms with Crippen LogP contribution < -0.4 is 0 Å². The molecule has 2 heterocycles. The molecule has 1 fully saturated rings. The number of aryl methyl sites for hydroxylation is 1. The Labute approximate surface area is 99.5 Å². The summed E-state index contributed by atoms with van der Waals surface area (Å²) < 4.78 is 2.29. The predicted octanol–water partition coefficient (Wildman–Crippen LogP) is 2.94. The average molecular weight is 236 g/mol. The Morgan fingerprint density at radius 1 is 1.44 bits per heavy atom. The Hall–Kier alpha value is -1.09. The zero-order valence-corrected chi connectivity index (χ0v) is 9.82. The number of halogens is 1. The predicted molar refractivity (Wildman–Crippen MR) is 64.8 cm³/mol. The summed E-state index contributed by atoms with van der Waals surface area (Å²) in [7, 11) is 0. The van der Waals surface area contributed by atoms with Crippen LogP contribution in [-0.4, -0.2) is 20.4 Å². The van der Waals surface area contributed by atoms with E-state index in [2.05, 4.69) is 14.5 Å². The standard InChI is InChI=1S/C12H14ClN3/c13-7-6-11-15-10-5-2-8-14-12(10)16(11)9-3-1-4-9/h2,5,8-9H,1,3-4,6-7H2. The topological polar surface area (TPSA) is 30.7 Å². The molecule has 0 atom stereocenters. The fraction of sp³-hybridized carbons (Fsp3) is 0.500. The molecule has 16 heavy (non-hydrogen) atoms. The van der Waals surface area contributed by atoms with Gasteiger partial charge in [0.15, 0.2) is 5.65 Å². The van der Waals surface area contributed by atoms with Crippen molar-refractivity contribution in [2.24, 2.45) is 0 Å². The molecule has 84 valence electrons. The van der Waals surface area contributed by atoms with Gasteiger partial charge in [0.1, 0.15) is 11.3 Å². The first kappa shape index (κ1) is 10.1. The highest BCUT2D eigenvalue weighted by atomic mass is 35.5. The Bertz CT molecular complexity index is 502. The number of alkyl halides is 1. The van der Waals surface area contributed by atoms with E-state index in [4.69, 9.17) is 11.6 Å². The smallest absolute Gasteiger partial charge is 0.160 e. The maximum atomic E-state index is 5.83. The summed E-state index contributed by atoms with van der Waals surface area (Å²) >= 11 is 5.83. The Morgan fingerprint density at radius 2 is 2.31 bits per heavy atom. The second-order valence-corrected chi connectivity index (χ2v) is 4.65. The summed E-state index contributed by atoms with van der Waals surface area (Å²) in [6.07, 6.45) is 6.48. The maximum absolute atomic E-state index is 5.83. The molecule has 1 aliphatic rings. The number of hydrogen-bond donors (Lipinski definition) is 0. The van der Waals surface area contributed by atoms with Crippen LogP contribution in [-0.2, 0) is 6.42 Å². The van der Waals surface area contributed by atoms with Crippen molar-refractivity contribution in [2.75, 3.05) is 5.88 Å². The number of hydrogen-bond acceptors (Lipinski definition) is 2. The summed E-state index contributed by atoms with van der Waals surface area (Å²) in [6, 6.07) is 4.55. The number of pyridine rings is 1. The monoisotopic (exact) mass is 235 g/mol. The number of nitrogens with zero attached hydrogens (tertiary/aromatic N) is 3. The van der Waals surface area contributed by atoms with Crippen molar-refractivity contribution in [3.63, 3.8) is 0 Å². The molecular weight excluding hydrogens is 222 g/mol.